The van der Waals surface area contributed by atoms with Gasteiger partial charge in [0, 0.05) is 29.9 Å². The summed E-state index contributed by atoms with van der Waals surface area (Å²) in [6.45, 7) is 0.492. The van der Waals surface area contributed by atoms with Crippen molar-refractivity contribution in [3.8, 4) is 5.75 Å². The molecule has 110 valence electrons. The third-order valence-corrected chi connectivity index (χ3v) is 3.04. The minimum Gasteiger partial charge on any atom is -0.495 e. The van der Waals surface area contributed by atoms with Crippen molar-refractivity contribution in [2.75, 3.05) is 19.0 Å². The SMILES string of the molecule is COc1ccc(Cl)cc1NC(=O)NCCc1ccccn1. The van der Waals surface area contributed by atoms with E-state index in [0.29, 0.717) is 29.4 Å². The number of amides is 2. The first-order valence-corrected chi connectivity index (χ1v) is 6.85. The van der Waals surface area contributed by atoms with E-state index in [1.807, 2.05) is 18.2 Å². The zero-order valence-corrected chi connectivity index (χ0v) is 12.4. The van der Waals surface area contributed by atoms with Crippen molar-refractivity contribution in [3.63, 3.8) is 0 Å². The first kappa shape index (κ1) is 15.1. The second-order valence-corrected chi connectivity index (χ2v) is 4.73. The second kappa shape index (κ2) is 7.50. The largest absolute Gasteiger partial charge is 0.495 e. The van der Waals surface area contributed by atoms with Crippen LogP contribution in [0.3, 0.4) is 0 Å². The lowest BCUT2D eigenvalue weighted by Crippen LogP contribution is -2.30. The van der Waals surface area contributed by atoms with E-state index >= 15 is 0 Å². The molecule has 0 unspecified atom stereocenters. The first-order chi connectivity index (χ1) is 10.2. The molecular weight excluding hydrogens is 290 g/mol. The average Bonchev–Trinajstić information content (AvgIpc) is 2.48. The van der Waals surface area contributed by atoms with Crippen LogP contribution in [0.4, 0.5) is 10.5 Å². The topological polar surface area (TPSA) is 63.2 Å². The van der Waals surface area contributed by atoms with Crippen LogP contribution in [0, 0.1) is 0 Å². The molecule has 0 bridgehead atoms. The van der Waals surface area contributed by atoms with E-state index in [2.05, 4.69) is 15.6 Å². The molecule has 0 aliphatic rings. The zero-order chi connectivity index (χ0) is 15.1. The number of pyridine rings is 1. The molecule has 0 aliphatic heterocycles. The van der Waals surface area contributed by atoms with Gasteiger partial charge in [-0.2, -0.15) is 0 Å². The highest BCUT2D eigenvalue weighted by Gasteiger charge is 2.07. The lowest BCUT2D eigenvalue weighted by Gasteiger charge is -2.11. The maximum absolute atomic E-state index is 11.8. The summed E-state index contributed by atoms with van der Waals surface area (Å²) in [5.74, 6) is 0.555. The Morgan fingerprint density at radius 1 is 1.33 bits per heavy atom. The lowest BCUT2D eigenvalue weighted by molar-refractivity contribution is 0.252. The first-order valence-electron chi connectivity index (χ1n) is 6.47. The number of anilines is 1. The lowest BCUT2D eigenvalue weighted by atomic mass is 10.3. The molecule has 2 amide bonds. The Morgan fingerprint density at radius 3 is 2.90 bits per heavy atom. The molecule has 0 spiro atoms. The summed E-state index contributed by atoms with van der Waals surface area (Å²) in [5, 5.41) is 6.00. The number of halogens is 1. The number of ether oxygens (including phenoxy) is 1. The van der Waals surface area contributed by atoms with Gasteiger partial charge >= 0.3 is 6.03 Å². The van der Waals surface area contributed by atoms with Crippen molar-refractivity contribution >= 4 is 23.3 Å². The molecule has 1 aromatic heterocycles. The summed E-state index contributed by atoms with van der Waals surface area (Å²) in [6.07, 6.45) is 2.40. The summed E-state index contributed by atoms with van der Waals surface area (Å²) in [6, 6.07) is 10.4. The maximum atomic E-state index is 11.8. The van der Waals surface area contributed by atoms with E-state index in [9.17, 15) is 4.79 Å². The monoisotopic (exact) mass is 305 g/mol. The number of nitrogens with one attached hydrogen (secondary N) is 2. The van der Waals surface area contributed by atoms with Gasteiger partial charge in [0.15, 0.2) is 0 Å². The number of urea groups is 1. The summed E-state index contributed by atoms with van der Waals surface area (Å²) >= 11 is 5.91. The number of aromatic nitrogens is 1. The van der Waals surface area contributed by atoms with E-state index < -0.39 is 0 Å². The molecular formula is C15H16ClN3O2. The molecule has 2 aromatic rings. The fraction of sp³-hybridized carbons (Fsp3) is 0.200. The molecule has 0 radical (unpaired) electrons. The number of carbonyl (C=O) groups is 1. The van der Waals surface area contributed by atoms with E-state index in [-0.39, 0.29) is 6.03 Å². The Morgan fingerprint density at radius 2 is 2.19 bits per heavy atom. The predicted molar refractivity (Wildman–Crippen MR) is 83.0 cm³/mol. The van der Waals surface area contributed by atoms with Gasteiger partial charge in [-0.15, -0.1) is 0 Å². The van der Waals surface area contributed by atoms with Crippen LogP contribution in [-0.2, 0) is 6.42 Å². The molecule has 2 rings (SSSR count). The minimum atomic E-state index is -0.313. The molecule has 1 aromatic carbocycles. The second-order valence-electron chi connectivity index (χ2n) is 4.30. The number of carbonyl (C=O) groups excluding carboxylic acids is 1. The van der Waals surface area contributed by atoms with Crippen LogP contribution in [0.5, 0.6) is 5.75 Å². The van der Waals surface area contributed by atoms with Crippen molar-refractivity contribution in [2.24, 2.45) is 0 Å². The summed E-state index contributed by atoms with van der Waals surface area (Å²) in [5.41, 5.74) is 1.46. The molecule has 0 saturated carbocycles. The van der Waals surface area contributed by atoms with Gasteiger partial charge in [0.25, 0.3) is 0 Å². The number of benzene rings is 1. The van der Waals surface area contributed by atoms with E-state index in [1.165, 1.54) is 7.11 Å². The quantitative estimate of drug-likeness (QED) is 0.892. The van der Waals surface area contributed by atoms with E-state index in [0.717, 1.165) is 5.69 Å². The minimum absolute atomic E-state index is 0.313. The molecule has 0 fully saturated rings. The number of hydrogen-bond acceptors (Lipinski definition) is 3. The van der Waals surface area contributed by atoms with Gasteiger partial charge in [0.05, 0.1) is 12.8 Å². The highest BCUT2D eigenvalue weighted by Crippen LogP contribution is 2.27. The smallest absolute Gasteiger partial charge is 0.319 e. The molecule has 0 saturated heterocycles. The summed E-state index contributed by atoms with van der Waals surface area (Å²) < 4.78 is 5.16. The molecule has 0 atom stereocenters. The molecule has 5 nitrogen and oxygen atoms in total. The van der Waals surface area contributed by atoms with Crippen LogP contribution >= 0.6 is 11.6 Å². The van der Waals surface area contributed by atoms with Crippen LogP contribution in [0.25, 0.3) is 0 Å². The number of rotatable bonds is 5. The van der Waals surface area contributed by atoms with Gasteiger partial charge in [0.1, 0.15) is 5.75 Å². The number of hydrogen-bond donors (Lipinski definition) is 2. The summed E-state index contributed by atoms with van der Waals surface area (Å²) in [7, 11) is 1.54. The zero-order valence-electron chi connectivity index (χ0n) is 11.6. The third-order valence-electron chi connectivity index (χ3n) is 2.80. The highest BCUT2D eigenvalue weighted by atomic mass is 35.5. The Kier molecular flexibility index (Phi) is 5.40. The average molecular weight is 306 g/mol. The predicted octanol–water partition coefficient (Wildman–Crippen LogP) is 3.11. The molecule has 1 heterocycles. The van der Waals surface area contributed by atoms with E-state index in [4.69, 9.17) is 16.3 Å². The Labute approximate surface area is 128 Å². The fourth-order valence-corrected chi connectivity index (χ4v) is 1.97. The van der Waals surface area contributed by atoms with Gasteiger partial charge < -0.3 is 15.4 Å². The van der Waals surface area contributed by atoms with Crippen LogP contribution in [0.2, 0.25) is 5.02 Å². The van der Waals surface area contributed by atoms with Gasteiger partial charge in [-0.25, -0.2) is 4.79 Å². The van der Waals surface area contributed by atoms with Crippen molar-refractivity contribution in [3.05, 3.63) is 53.3 Å². The van der Waals surface area contributed by atoms with Crippen LogP contribution in [-0.4, -0.2) is 24.7 Å². The van der Waals surface area contributed by atoms with Crippen LogP contribution in [0.15, 0.2) is 42.6 Å². The van der Waals surface area contributed by atoms with Gasteiger partial charge in [-0.05, 0) is 30.3 Å². The number of methoxy groups -OCH3 is 1. The normalized spacial score (nSPS) is 10.0. The fourth-order valence-electron chi connectivity index (χ4n) is 1.79. The number of nitrogens with zero attached hydrogens (tertiary/aromatic N) is 1. The molecule has 0 aliphatic carbocycles. The molecule has 21 heavy (non-hydrogen) atoms. The Hall–Kier alpha value is -2.27. The molecule has 2 N–H and O–H groups in total. The maximum Gasteiger partial charge on any atom is 0.319 e. The Balaban J connectivity index is 1.86. The Bertz CT molecular complexity index is 605. The van der Waals surface area contributed by atoms with Gasteiger partial charge in [0.2, 0.25) is 0 Å². The van der Waals surface area contributed by atoms with E-state index in [1.54, 1.807) is 24.4 Å². The third kappa shape index (κ3) is 4.65. The van der Waals surface area contributed by atoms with Gasteiger partial charge in [-0.3, -0.25) is 4.98 Å². The molecule has 6 heteroatoms. The van der Waals surface area contributed by atoms with Crippen LogP contribution < -0.4 is 15.4 Å². The van der Waals surface area contributed by atoms with Crippen molar-refractivity contribution in [2.45, 2.75) is 6.42 Å². The highest BCUT2D eigenvalue weighted by molar-refractivity contribution is 6.31. The van der Waals surface area contributed by atoms with Crippen molar-refractivity contribution in [1.82, 2.24) is 10.3 Å². The van der Waals surface area contributed by atoms with Crippen molar-refractivity contribution in [1.29, 1.82) is 0 Å². The summed E-state index contributed by atoms with van der Waals surface area (Å²) in [4.78, 5) is 16.0. The van der Waals surface area contributed by atoms with Gasteiger partial charge in [-0.1, -0.05) is 17.7 Å². The van der Waals surface area contributed by atoms with Crippen molar-refractivity contribution < 1.29 is 9.53 Å². The van der Waals surface area contributed by atoms with Crippen LogP contribution in [0.1, 0.15) is 5.69 Å². The standard InChI is InChI=1S/C15H16ClN3O2/c1-21-14-6-5-11(16)10-13(14)19-15(20)18-9-7-12-4-2-3-8-17-12/h2-6,8,10H,7,9H2,1H3,(H2,18,19,20).